The zero-order valence-corrected chi connectivity index (χ0v) is 14.4. The summed E-state index contributed by atoms with van der Waals surface area (Å²) in [5.41, 5.74) is 1.86. The molecule has 0 unspecified atom stereocenters. The molecule has 2 rings (SSSR count). The van der Waals surface area contributed by atoms with E-state index >= 15 is 0 Å². The fourth-order valence-corrected chi connectivity index (χ4v) is 2.73. The second kappa shape index (κ2) is 6.97. The lowest BCUT2D eigenvalue weighted by atomic mass is 9.84. The van der Waals surface area contributed by atoms with Crippen LogP contribution in [0.4, 0.5) is 4.79 Å². The van der Waals surface area contributed by atoms with E-state index in [0.29, 0.717) is 13.1 Å². The van der Waals surface area contributed by atoms with Gasteiger partial charge in [-0.25, -0.2) is 4.79 Å². The van der Waals surface area contributed by atoms with Crippen LogP contribution in [0.3, 0.4) is 0 Å². The van der Waals surface area contributed by atoms with E-state index in [1.807, 2.05) is 54.6 Å². The summed E-state index contributed by atoms with van der Waals surface area (Å²) in [6.45, 7) is 4.98. The van der Waals surface area contributed by atoms with Gasteiger partial charge in [-0.1, -0.05) is 72.2 Å². The minimum absolute atomic E-state index is 0.256. The number of hydrogen-bond donors (Lipinski definition) is 1. The first kappa shape index (κ1) is 16.6. The van der Waals surface area contributed by atoms with Crippen LogP contribution in [0.5, 0.6) is 0 Å². The van der Waals surface area contributed by atoms with Crippen molar-refractivity contribution in [2.24, 2.45) is 0 Å². The molecule has 0 atom stereocenters. The zero-order chi connectivity index (χ0) is 16.2. The van der Waals surface area contributed by atoms with E-state index in [1.54, 1.807) is 0 Å². The van der Waals surface area contributed by atoms with E-state index in [2.05, 4.69) is 29.8 Å². The van der Waals surface area contributed by atoms with Gasteiger partial charge in [0.2, 0.25) is 0 Å². The van der Waals surface area contributed by atoms with Crippen molar-refractivity contribution in [2.75, 3.05) is 6.54 Å². The number of nitrogens with zero attached hydrogens (tertiary/aromatic N) is 1. The predicted octanol–water partition coefficient (Wildman–Crippen LogP) is 4.91. The van der Waals surface area contributed by atoms with E-state index in [1.165, 1.54) is 4.90 Å². The number of hydrogen-bond acceptors (Lipinski definition) is 1. The predicted molar refractivity (Wildman–Crippen MR) is 92.0 cm³/mol. The van der Waals surface area contributed by atoms with Crippen LogP contribution in [-0.2, 0) is 12.0 Å². The normalized spacial score (nSPS) is 11.2. The molecule has 0 radical (unpaired) electrons. The second-order valence-corrected chi connectivity index (χ2v) is 6.93. The van der Waals surface area contributed by atoms with Gasteiger partial charge in [0.25, 0.3) is 0 Å². The molecule has 0 heterocycles. The smallest absolute Gasteiger partial charge is 0.407 e. The molecule has 0 aliphatic heterocycles. The Morgan fingerprint density at radius 1 is 1.09 bits per heavy atom. The number of halogens is 1. The molecule has 2 aromatic carbocycles. The van der Waals surface area contributed by atoms with Crippen LogP contribution >= 0.6 is 15.9 Å². The second-order valence-electron chi connectivity index (χ2n) is 6.02. The average molecular weight is 362 g/mol. The lowest BCUT2D eigenvalue weighted by molar-refractivity contribution is 0.131. The molecule has 1 amide bonds. The van der Waals surface area contributed by atoms with Crippen molar-refractivity contribution in [3.05, 3.63) is 70.2 Å². The number of carbonyl (C=O) groups is 1. The first-order valence-corrected chi connectivity index (χ1v) is 7.95. The van der Waals surface area contributed by atoms with Crippen molar-refractivity contribution < 1.29 is 9.90 Å². The first-order chi connectivity index (χ1) is 10.4. The van der Waals surface area contributed by atoms with E-state index < -0.39 is 6.09 Å². The quantitative estimate of drug-likeness (QED) is 0.821. The van der Waals surface area contributed by atoms with Crippen LogP contribution < -0.4 is 0 Å². The Labute approximate surface area is 139 Å². The molecule has 0 fully saturated rings. The van der Waals surface area contributed by atoms with Crippen molar-refractivity contribution >= 4 is 22.0 Å². The molecular formula is C18H20BrNO2. The number of amides is 1. The summed E-state index contributed by atoms with van der Waals surface area (Å²) in [7, 11) is 0. The van der Waals surface area contributed by atoms with E-state index in [0.717, 1.165) is 15.6 Å². The van der Waals surface area contributed by atoms with Gasteiger partial charge in [0.15, 0.2) is 0 Å². The SMILES string of the molecule is CC(C)(CN(Cc1ccccc1)C(=O)O)c1ccc(Br)cc1. The van der Waals surface area contributed by atoms with Crippen molar-refractivity contribution in [1.82, 2.24) is 4.90 Å². The molecular weight excluding hydrogens is 342 g/mol. The molecule has 116 valence electrons. The Kier molecular flexibility index (Phi) is 5.24. The molecule has 3 nitrogen and oxygen atoms in total. The maximum Gasteiger partial charge on any atom is 0.407 e. The summed E-state index contributed by atoms with van der Waals surface area (Å²) in [6.07, 6.45) is -0.894. The maximum atomic E-state index is 11.6. The van der Waals surface area contributed by atoms with Crippen LogP contribution in [0.15, 0.2) is 59.1 Å². The third-order valence-corrected chi connectivity index (χ3v) is 4.23. The summed E-state index contributed by atoms with van der Waals surface area (Å²) >= 11 is 3.43. The lowest BCUT2D eigenvalue weighted by Crippen LogP contribution is -2.39. The summed E-state index contributed by atoms with van der Waals surface area (Å²) in [6, 6.07) is 17.7. The topological polar surface area (TPSA) is 40.5 Å². The van der Waals surface area contributed by atoms with Crippen molar-refractivity contribution in [3.8, 4) is 0 Å². The Morgan fingerprint density at radius 3 is 2.23 bits per heavy atom. The standard InChI is InChI=1S/C18H20BrNO2/c1-18(2,15-8-10-16(19)11-9-15)13-20(17(21)22)12-14-6-4-3-5-7-14/h3-11H,12-13H2,1-2H3,(H,21,22). The van der Waals surface area contributed by atoms with Crippen LogP contribution in [0.1, 0.15) is 25.0 Å². The van der Waals surface area contributed by atoms with Gasteiger partial charge in [-0.2, -0.15) is 0 Å². The highest BCUT2D eigenvalue weighted by Gasteiger charge is 2.26. The fourth-order valence-electron chi connectivity index (χ4n) is 2.46. The van der Waals surface area contributed by atoms with Gasteiger partial charge < -0.3 is 10.0 Å². The van der Waals surface area contributed by atoms with Crippen LogP contribution in [-0.4, -0.2) is 22.6 Å². The first-order valence-electron chi connectivity index (χ1n) is 7.16. The molecule has 0 aromatic heterocycles. The van der Waals surface area contributed by atoms with E-state index in [4.69, 9.17) is 0 Å². The van der Waals surface area contributed by atoms with Gasteiger partial charge in [0, 0.05) is 23.0 Å². The van der Waals surface area contributed by atoms with Crippen LogP contribution in [0.2, 0.25) is 0 Å². The summed E-state index contributed by atoms with van der Waals surface area (Å²) in [5.74, 6) is 0. The molecule has 0 saturated heterocycles. The molecule has 22 heavy (non-hydrogen) atoms. The average Bonchev–Trinajstić information content (AvgIpc) is 2.48. The lowest BCUT2D eigenvalue weighted by Gasteiger charge is -2.31. The van der Waals surface area contributed by atoms with Gasteiger partial charge in [-0.15, -0.1) is 0 Å². The van der Waals surface area contributed by atoms with Crippen molar-refractivity contribution in [2.45, 2.75) is 25.8 Å². The van der Waals surface area contributed by atoms with Crippen LogP contribution in [0.25, 0.3) is 0 Å². The zero-order valence-electron chi connectivity index (χ0n) is 12.8. The molecule has 0 bridgehead atoms. The van der Waals surface area contributed by atoms with E-state index in [-0.39, 0.29) is 5.41 Å². The Hall–Kier alpha value is -1.81. The molecule has 0 aliphatic rings. The van der Waals surface area contributed by atoms with Gasteiger partial charge in [0.05, 0.1) is 0 Å². The number of benzene rings is 2. The molecule has 0 aliphatic carbocycles. The monoisotopic (exact) mass is 361 g/mol. The largest absolute Gasteiger partial charge is 0.465 e. The van der Waals surface area contributed by atoms with Gasteiger partial charge in [-0.05, 0) is 23.3 Å². The maximum absolute atomic E-state index is 11.6. The van der Waals surface area contributed by atoms with Crippen molar-refractivity contribution in [3.63, 3.8) is 0 Å². The van der Waals surface area contributed by atoms with Crippen LogP contribution in [0, 0.1) is 0 Å². The minimum atomic E-state index is -0.894. The minimum Gasteiger partial charge on any atom is -0.465 e. The molecule has 1 N–H and O–H groups in total. The number of rotatable bonds is 5. The Balaban J connectivity index is 2.16. The Morgan fingerprint density at radius 2 is 1.68 bits per heavy atom. The highest BCUT2D eigenvalue weighted by atomic mass is 79.9. The third-order valence-electron chi connectivity index (χ3n) is 3.70. The molecule has 0 spiro atoms. The molecule has 2 aromatic rings. The number of carboxylic acid groups (broad SMARTS) is 1. The fraction of sp³-hybridized carbons (Fsp3) is 0.278. The summed E-state index contributed by atoms with van der Waals surface area (Å²) in [5, 5.41) is 9.51. The summed E-state index contributed by atoms with van der Waals surface area (Å²) < 4.78 is 1.02. The van der Waals surface area contributed by atoms with E-state index in [9.17, 15) is 9.90 Å². The molecule has 4 heteroatoms. The third kappa shape index (κ3) is 4.34. The van der Waals surface area contributed by atoms with Gasteiger partial charge in [-0.3, -0.25) is 0 Å². The molecule has 0 saturated carbocycles. The highest BCUT2D eigenvalue weighted by molar-refractivity contribution is 9.10. The van der Waals surface area contributed by atoms with Gasteiger partial charge in [0.1, 0.15) is 0 Å². The van der Waals surface area contributed by atoms with Gasteiger partial charge >= 0.3 is 6.09 Å². The highest BCUT2D eigenvalue weighted by Crippen LogP contribution is 2.26. The van der Waals surface area contributed by atoms with Crippen molar-refractivity contribution in [1.29, 1.82) is 0 Å². The summed E-state index contributed by atoms with van der Waals surface area (Å²) in [4.78, 5) is 13.1. The Bertz CT molecular complexity index is 623.